The SMILES string of the molecule is CN1CC[C@H](O)[C@H](C(=O)N2CCn3nc(C#N)cc3C2)C1. The van der Waals surface area contributed by atoms with Gasteiger partial charge in [0, 0.05) is 19.6 Å². The Morgan fingerprint density at radius 2 is 2.29 bits per heavy atom. The van der Waals surface area contributed by atoms with Crippen molar-refractivity contribution >= 4 is 5.91 Å². The molecule has 0 saturated carbocycles. The van der Waals surface area contributed by atoms with E-state index < -0.39 is 6.10 Å². The van der Waals surface area contributed by atoms with Gasteiger partial charge in [-0.1, -0.05) is 0 Å². The standard InChI is InChI=1S/C14H19N5O2/c1-17-3-2-13(20)12(9-17)14(21)18-4-5-19-11(8-18)6-10(7-15)16-19/h6,12-13,20H,2-5,8-9H2,1H3/t12-,13+/m1/s1. The number of fused-ring (bicyclic) bond motifs is 1. The minimum atomic E-state index is -0.560. The van der Waals surface area contributed by atoms with Gasteiger partial charge >= 0.3 is 0 Å². The molecule has 1 amide bonds. The van der Waals surface area contributed by atoms with Crippen LogP contribution in [0, 0.1) is 17.2 Å². The van der Waals surface area contributed by atoms with Crippen molar-refractivity contribution in [2.75, 3.05) is 26.7 Å². The third-order valence-electron chi connectivity index (χ3n) is 4.32. The van der Waals surface area contributed by atoms with Crippen LogP contribution >= 0.6 is 0 Å². The number of nitrogens with zero attached hydrogens (tertiary/aromatic N) is 5. The summed E-state index contributed by atoms with van der Waals surface area (Å²) < 4.78 is 1.78. The van der Waals surface area contributed by atoms with Crippen LogP contribution in [0.25, 0.3) is 0 Å². The molecule has 1 saturated heterocycles. The zero-order chi connectivity index (χ0) is 15.0. The largest absolute Gasteiger partial charge is 0.392 e. The number of aromatic nitrogens is 2. The summed E-state index contributed by atoms with van der Waals surface area (Å²) in [5.74, 6) is -0.353. The van der Waals surface area contributed by atoms with E-state index in [0.717, 1.165) is 12.2 Å². The molecule has 1 aromatic heterocycles. The fourth-order valence-corrected chi connectivity index (χ4v) is 3.09. The Bertz CT molecular complexity index is 591. The van der Waals surface area contributed by atoms with E-state index in [2.05, 4.69) is 10.00 Å². The Morgan fingerprint density at radius 3 is 3.05 bits per heavy atom. The van der Waals surface area contributed by atoms with Gasteiger partial charge in [-0.3, -0.25) is 9.48 Å². The summed E-state index contributed by atoms with van der Waals surface area (Å²) >= 11 is 0. The highest BCUT2D eigenvalue weighted by molar-refractivity contribution is 5.80. The lowest BCUT2D eigenvalue weighted by molar-refractivity contribution is -0.143. The van der Waals surface area contributed by atoms with E-state index in [9.17, 15) is 9.90 Å². The number of carbonyl (C=O) groups excluding carboxylic acids is 1. The fourth-order valence-electron chi connectivity index (χ4n) is 3.09. The van der Waals surface area contributed by atoms with Crippen molar-refractivity contribution in [1.29, 1.82) is 5.26 Å². The number of likely N-dealkylation sites (tertiary alicyclic amines) is 1. The average Bonchev–Trinajstić information content (AvgIpc) is 2.91. The lowest BCUT2D eigenvalue weighted by atomic mass is 9.93. The maximum Gasteiger partial charge on any atom is 0.230 e. The van der Waals surface area contributed by atoms with Crippen LogP contribution in [0.3, 0.4) is 0 Å². The maximum absolute atomic E-state index is 12.6. The van der Waals surface area contributed by atoms with Crippen LogP contribution in [0.1, 0.15) is 17.8 Å². The highest BCUT2D eigenvalue weighted by Crippen LogP contribution is 2.21. The van der Waals surface area contributed by atoms with Gasteiger partial charge in [-0.25, -0.2) is 0 Å². The van der Waals surface area contributed by atoms with E-state index in [1.165, 1.54) is 0 Å². The predicted octanol–water partition coefficient (Wildman–Crippen LogP) is -0.590. The Hall–Kier alpha value is -1.91. The lowest BCUT2D eigenvalue weighted by Gasteiger charge is -2.37. The van der Waals surface area contributed by atoms with Crippen molar-refractivity contribution < 1.29 is 9.90 Å². The van der Waals surface area contributed by atoms with E-state index in [-0.39, 0.29) is 11.8 Å². The number of piperidine rings is 1. The smallest absolute Gasteiger partial charge is 0.230 e. The van der Waals surface area contributed by atoms with Crippen molar-refractivity contribution in [3.8, 4) is 6.07 Å². The van der Waals surface area contributed by atoms with Crippen LogP contribution in [-0.2, 0) is 17.9 Å². The molecule has 0 spiro atoms. The minimum Gasteiger partial charge on any atom is -0.392 e. The number of rotatable bonds is 1. The Balaban J connectivity index is 1.73. The third kappa shape index (κ3) is 2.64. The second-order valence-electron chi connectivity index (χ2n) is 5.84. The second-order valence-corrected chi connectivity index (χ2v) is 5.84. The second kappa shape index (κ2) is 5.47. The van der Waals surface area contributed by atoms with Crippen LogP contribution in [0.5, 0.6) is 0 Å². The van der Waals surface area contributed by atoms with E-state index in [1.807, 2.05) is 13.1 Å². The molecule has 0 unspecified atom stereocenters. The molecular weight excluding hydrogens is 270 g/mol. The fraction of sp³-hybridized carbons (Fsp3) is 0.643. The monoisotopic (exact) mass is 289 g/mol. The average molecular weight is 289 g/mol. The zero-order valence-corrected chi connectivity index (χ0v) is 12.1. The lowest BCUT2D eigenvalue weighted by Crippen LogP contribution is -2.51. The highest BCUT2D eigenvalue weighted by Gasteiger charge is 2.35. The van der Waals surface area contributed by atoms with Crippen LogP contribution in [-0.4, -0.2) is 63.4 Å². The van der Waals surface area contributed by atoms with Crippen LogP contribution in [0.2, 0.25) is 0 Å². The summed E-state index contributed by atoms with van der Waals surface area (Å²) in [7, 11) is 1.97. The summed E-state index contributed by atoms with van der Waals surface area (Å²) in [5.41, 5.74) is 1.27. The first kappa shape index (κ1) is 14.0. The van der Waals surface area contributed by atoms with Crippen LogP contribution in [0.15, 0.2) is 6.07 Å². The number of aliphatic hydroxyl groups excluding tert-OH is 1. The van der Waals surface area contributed by atoms with Crippen LogP contribution < -0.4 is 0 Å². The molecule has 0 radical (unpaired) electrons. The van der Waals surface area contributed by atoms with Gasteiger partial charge in [-0.05, 0) is 19.5 Å². The number of hydrogen-bond donors (Lipinski definition) is 1. The summed E-state index contributed by atoms with van der Waals surface area (Å²) in [6.07, 6.45) is 0.0762. The molecule has 2 atom stereocenters. The summed E-state index contributed by atoms with van der Waals surface area (Å²) in [6.45, 7) is 3.05. The number of aliphatic hydroxyl groups is 1. The molecule has 3 heterocycles. The van der Waals surface area contributed by atoms with Crippen LogP contribution in [0.4, 0.5) is 0 Å². The first-order valence-electron chi connectivity index (χ1n) is 7.20. The first-order valence-corrected chi connectivity index (χ1v) is 7.20. The van der Waals surface area contributed by atoms with Crippen molar-refractivity contribution in [2.45, 2.75) is 25.6 Å². The summed E-state index contributed by atoms with van der Waals surface area (Å²) in [5, 5.41) is 23.1. The van der Waals surface area contributed by atoms with Gasteiger partial charge in [-0.2, -0.15) is 10.4 Å². The molecule has 21 heavy (non-hydrogen) atoms. The number of amides is 1. The Morgan fingerprint density at radius 1 is 1.48 bits per heavy atom. The third-order valence-corrected chi connectivity index (χ3v) is 4.32. The molecule has 3 rings (SSSR count). The molecule has 7 nitrogen and oxygen atoms in total. The summed E-state index contributed by atoms with van der Waals surface area (Å²) in [6, 6.07) is 3.75. The van der Waals surface area contributed by atoms with Gasteiger partial charge in [0.2, 0.25) is 5.91 Å². The minimum absolute atomic E-state index is 0.00000709. The van der Waals surface area contributed by atoms with Crippen molar-refractivity contribution in [1.82, 2.24) is 19.6 Å². The van der Waals surface area contributed by atoms with E-state index in [0.29, 0.717) is 38.3 Å². The first-order chi connectivity index (χ1) is 10.1. The Labute approximate surface area is 123 Å². The topological polar surface area (TPSA) is 85.4 Å². The normalized spacial score (nSPS) is 26.2. The van der Waals surface area contributed by atoms with Crippen molar-refractivity contribution in [2.24, 2.45) is 5.92 Å². The van der Waals surface area contributed by atoms with E-state index >= 15 is 0 Å². The molecule has 0 aliphatic carbocycles. The molecule has 112 valence electrons. The molecule has 0 bridgehead atoms. The van der Waals surface area contributed by atoms with Gasteiger partial charge in [0.15, 0.2) is 5.69 Å². The Kier molecular flexibility index (Phi) is 3.66. The maximum atomic E-state index is 12.6. The number of carbonyl (C=O) groups is 1. The van der Waals surface area contributed by atoms with E-state index in [4.69, 9.17) is 5.26 Å². The molecule has 7 heteroatoms. The molecule has 1 fully saturated rings. The molecule has 0 aromatic carbocycles. The summed E-state index contributed by atoms with van der Waals surface area (Å²) in [4.78, 5) is 16.5. The van der Waals surface area contributed by atoms with E-state index in [1.54, 1.807) is 15.6 Å². The molecule has 2 aliphatic heterocycles. The van der Waals surface area contributed by atoms with Gasteiger partial charge in [0.1, 0.15) is 6.07 Å². The molecular formula is C14H19N5O2. The number of hydrogen-bond acceptors (Lipinski definition) is 5. The highest BCUT2D eigenvalue weighted by atomic mass is 16.3. The van der Waals surface area contributed by atoms with Gasteiger partial charge in [0.05, 0.1) is 30.8 Å². The quantitative estimate of drug-likeness (QED) is 0.747. The number of nitriles is 1. The van der Waals surface area contributed by atoms with Gasteiger partial charge in [0.25, 0.3) is 0 Å². The zero-order valence-electron chi connectivity index (χ0n) is 12.1. The molecule has 1 aromatic rings. The predicted molar refractivity (Wildman–Crippen MR) is 74.0 cm³/mol. The van der Waals surface area contributed by atoms with Crippen molar-refractivity contribution in [3.05, 3.63) is 17.5 Å². The molecule has 2 aliphatic rings. The van der Waals surface area contributed by atoms with Gasteiger partial charge in [-0.15, -0.1) is 0 Å². The van der Waals surface area contributed by atoms with Crippen molar-refractivity contribution in [3.63, 3.8) is 0 Å². The van der Waals surface area contributed by atoms with Gasteiger partial charge < -0.3 is 14.9 Å². The molecule has 1 N–H and O–H groups in total.